The molecule has 5 rings (SSSR count). The topological polar surface area (TPSA) is 87.5 Å². The van der Waals surface area contributed by atoms with Gasteiger partial charge in [0.25, 0.3) is 0 Å². The molecule has 1 unspecified atom stereocenters. The number of esters is 1. The van der Waals surface area contributed by atoms with E-state index in [9.17, 15) is 4.79 Å². The zero-order valence-electron chi connectivity index (χ0n) is 24.4. The van der Waals surface area contributed by atoms with E-state index < -0.39 is 12.0 Å². The Kier molecular flexibility index (Phi) is 9.48. The summed E-state index contributed by atoms with van der Waals surface area (Å²) in [5, 5.41) is 8.76. The molecule has 0 fully saturated rings. The van der Waals surface area contributed by atoms with Gasteiger partial charge in [-0.05, 0) is 49.1 Å². The molecule has 1 aliphatic rings. The number of nitrogens with zero attached hydrogens (tertiary/aromatic N) is 3. The van der Waals surface area contributed by atoms with E-state index in [-0.39, 0.29) is 6.61 Å². The van der Waals surface area contributed by atoms with E-state index in [2.05, 4.69) is 43.4 Å². The molecule has 0 spiro atoms. The van der Waals surface area contributed by atoms with Gasteiger partial charge in [0.05, 0.1) is 12.7 Å². The highest BCUT2D eigenvalue weighted by atomic mass is 32.2. The van der Waals surface area contributed by atoms with Crippen LogP contribution in [-0.2, 0) is 22.7 Å². The van der Waals surface area contributed by atoms with Crippen molar-refractivity contribution in [3.05, 3.63) is 106 Å². The highest BCUT2D eigenvalue weighted by molar-refractivity contribution is 7.99. The number of hydrogen-bond acceptors (Lipinski definition) is 8. The number of allylic oxidation sites excluding steroid dienone is 1. The molecule has 0 radical (unpaired) electrons. The van der Waals surface area contributed by atoms with Gasteiger partial charge in [0.1, 0.15) is 19.3 Å². The molecule has 0 amide bonds. The zero-order valence-corrected chi connectivity index (χ0v) is 25.2. The lowest BCUT2D eigenvalue weighted by atomic mass is 9.95. The van der Waals surface area contributed by atoms with Crippen molar-refractivity contribution in [2.24, 2.45) is 0 Å². The number of aryl methyl sites for hydroxylation is 1. The molecule has 0 saturated carbocycles. The minimum absolute atomic E-state index is 0.167. The quantitative estimate of drug-likeness (QED) is 0.107. The van der Waals surface area contributed by atoms with Gasteiger partial charge in [0.2, 0.25) is 11.1 Å². The van der Waals surface area contributed by atoms with Gasteiger partial charge in [0.15, 0.2) is 11.5 Å². The largest absolute Gasteiger partial charge is 0.493 e. The number of rotatable bonds is 12. The molecule has 3 aromatic carbocycles. The molecule has 0 aliphatic carbocycles. The number of methoxy groups -OCH3 is 1. The van der Waals surface area contributed by atoms with Crippen molar-refractivity contribution >= 4 is 23.7 Å². The average Bonchev–Trinajstić information content (AvgIpc) is 3.41. The summed E-state index contributed by atoms with van der Waals surface area (Å²) >= 11 is 1.61. The predicted molar refractivity (Wildman–Crippen MR) is 165 cm³/mol. The molecule has 9 heteroatoms. The van der Waals surface area contributed by atoms with Gasteiger partial charge in [0, 0.05) is 11.4 Å². The van der Waals surface area contributed by atoms with Crippen LogP contribution in [0.3, 0.4) is 0 Å². The van der Waals surface area contributed by atoms with E-state index in [0.717, 1.165) is 35.3 Å². The zero-order chi connectivity index (χ0) is 29.5. The minimum Gasteiger partial charge on any atom is -0.493 e. The second-order valence-corrected chi connectivity index (χ2v) is 11.2. The summed E-state index contributed by atoms with van der Waals surface area (Å²) in [5.41, 5.74) is 5.11. The van der Waals surface area contributed by atoms with Crippen molar-refractivity contribution in [3.8, 4) is 11.5 Å². The molecule has 8 nitrogen and oxygen atoms in total. The SMILES string of the molecule is CCCCSc1nc2n(n1)C(c1ccc(OCc3ccc(C)cc3)c(OC)c1)C(C(=O)OCc1ccccc1)=C(C)N2. The molecule has 1 aliphatic heterocycles. The summed E-state index contributed by atoms with van der Waals surface area (Å²) < 4.78 is 19.5. The number of nitrogens with one attached hydrogen (secondary N) is 1. The number of ether oxygens (including phenoxy) is 3. The van der Waals surface area contributed by atoms with Gasteiger partial charge in [-0.3, -0.25) is 0 Å². The van der Waals surface area contributed by atoms with Gasteiger partial charge in [-0.15, -0.1) is 5.10 Å². The minimum atomic E-state index is -0.572. The van der Waals surface area contributed by atoms with Gasteiger partial charge in [-0.2, -0.15) is 4.98 Å². The van der Waals surface area contributed by atoms with Crippen LogP contribution in [0, 0.1) is 6.92 Å². The van der Waals surface area contributed by atoms with Crippen LogP contribution in [0.15, 0.2) is 89.2 Å². The van der Waals surface area contributed by atoms with Gasteiger partial charge < -0.3 is 19.5 Å². The Bertz CT molecular complexity index is 1550. The Morgan fingerprint density at radius 3 is 2.48 bits per heavy atom. The first-order valence-electron chi connectivity index (χ1n) is 14.1. The molecule has 218 valence electrons. The van der Waals surface area contributed by atoms with Crippen molar-refractivity contribution in [3.63, 3.8) is 0 Å². The molecule has 4 aromatic rings. The molecule has 0 bridgehead atoms. The van der Waals surface area contributed by atoms with Gasteiger partial charge in [-0.1, -0.05) is 91.3 Å². The number of anilines is 1. The fraction of sp³-hybridized carbons (Fsp3) is 0.303. The monoisotopic (exact) mass is 584 g/mol. The van der Waals surface area contributed by atoms with Crippen LogP contribution < -0.4 is 14.8 Å². The van der Waals surface area contributed by atoms with Crippen molar-refractivity contribution in [2.75, 3.05) is 18.2 Å². The first kappa shape index (κ1) is 29.3. The van der Waals surface area contributed by atoms with Crippen molar-refractivity contribution in [2.45, 2.75) is 58.0 Å². The van der Waals surface area contributed by atoms with E-state index in [1.807, 2.05) is 55.5 Å². The number of unbranched alkanes of at least 4 members (excludes halogenated alkanes) is 1. The van der Waals surface area contributed by atoms with Crippen molar-refractivity contribution < 1.29 is 19.0 Å². The summed E-state index contributed by atoms with van der Waals surface area (Å²) in [6.45, 7) is 6.66. The van der Waals surface area contributed by atoms with Crippen LogP contribution in [0.25, 0.3) is 0 Å². The Balaban J connectivity index is 1.46. The van der Waals surface area contributed by atoms with Crippen LogP contribution in [-0.4, -0.2) is 33.6 Å². The number of benzene rings is 3. The number of carbonyl (C=O) groups is 1. The summed E-state index contributed by atoms with van der Waals surface area (Å²) in [4.78, 5) is 18.4. The Morgan fingerprint density at radius 2 is 1.74 bits per heavy atom. The van der Waals surface area contributed by atoms with Crippen LogP contribution in [0.4, 0.5) is 5.95 Å². The lowest BCUT2D eigenvalue weighted by Gasteiger charge is -2.28. The molecule has 2 heterocycles. The number of aromatic nitrogens is 3. The van der Waals surface area contributed by atoms with Crippen LogP contribution in [0.1, 0.15) is 55.0 Å². The first-order valence-corrected chi connectivity index (χ1v) is 15.1. The summed E-state index contributed by atoms with van der Waals surface area (Å²) in [6.07, 6.45) is 2.17. The highest BCUT2D eigenvalue weighted by Crippen LogP contribution is 2.40. The lowest BCUT2D eigenvalue weighted by molar-refractivity contribution is -0.140. The third-order valence-electron chi connectivity index (χ3n) is 7.01. The fourth-order valence-electron chi connectivity index (χ4n) is 4.69. The molecule has 1 aromatic heterocycles. The van der Waals surface area contributed by atoms with Gasteiger partial charge in [-0.25, -0.2) is 9.48 Å². The lowest BCUT2D eigenvalue weighted by Crippen LogP contribution is -2.29. The summed E-state index contributed by atoms with van der Waals surface area (Å²) in [5.74, 6) is 2.25. The van der Waals surface area contributed by atoms with E-state index in [1.54, 1.807) is 23.6 Å². The fourth-order valence-corrected chi connectivity index (χ4v) is 5.60. The average molecular weight is 585 g/mol. The highest BCUT2D eigenvalue weighted by Gasteiger charge is 2.36. The smallest absolute Gasteiger partial charge is 0.338 e. The molecular formula is C33H36N4O4S. The second-order valence-electron chi connectivity index (χ2n) is 10.2. The maximum absolute atomic E-state index is 13.7. The molecule has 1 atom stereocenters. The number of thioether (sulfide) groups is 1. The van der Waals surface area contributed by atoms with E-state index >= 15 is 0 Å². The van der Waals surface area contributed by atoms with E-state index in [0.29, 0.717) is 40.5 Å². The van der Waals surface area contributed by atoms with Crippen LogP contribution in [0.5, 0.6) is 11.5 Å². The Hall–Kier alpha value is -4.24. The van der Waals surface area contributed by atoms with Crippen molar-refractivity contribution in [1.82, 2.24) is 14.8 Å². The van der Waals surface area contributed by atoms with E-state index in [1.165, 1.54) is 5.56 Å². The molecule has 42 heavy (non-hydrogen) atoms. The number of carbonyl (C=O) groups excluding carboxylic acids is 1. The van der Waals surface area contributed by atoms with Crippen molar-refractivity contribution in [1.29, 1.82) is 0 Å². The maximum Gasteiger partial charge on any atom is 0.338 e. The molecular weight excluding hydrogens is 548 g/mol. The standard InChI is InChI=1S/C33H36N4O4S/c1-5-6-18-42-33-35-32-34-23(3)29(31(38)41-21-24-10-8-7-9-11-24)30(37(32)36-33)26-16-17-27(28(19-26)39-4)40-20-25-14-12-22(2)13-15-25/h7-17,19,30H,5-6,18,20-21H2,1-4H3,(H,34,35,36). The Morgan fingerprint density at radius 1 is 0.976 bits per heavy atom. The Labute approximate surface area is 251 Å². The van der Waals surface area contributed by atoms with Crippen LogP contribution in [0.2, 0.25) is 0 Å². The van der Waals surface area contributed by atoms with Gasteiger partial charge >= 0.3 is 5.97 Å². The maximum atomic E-state index is 13.7. The number of fused-ring (bicyclic) bond motifs is 1. The summed E-state index contributed by atoms with van der Waals surface area (Å²) in [6, 6.07) is 23.0. The number of hydrogen-bond donors (Lipinski definition) is 1. The second kappa shape index (κ2) is 13.6. The van der Waals surface area contributed by atoms with Crippen LogP contribution >= 0.6 is 11.8 Å². The third kappa shape index (κ3) is 6.79. The summed E-state index contributed by atoms with van der Waals surface area (Å²) in [7, 11) is 1.61. The molecule has 0 saturated heterocycles. The predicted octanol–water partition coefficient (Wildman–Crippen LogP) is 7.10. The third-order valence-corrected chi connectivity index (χ3v) is 7.94. The normalized spacial score (nSPS) is 14.2. The first-order chi connectivity index (χ1) is 20.5. The van der Waals surface area contributed by atoms with E-state index in [4.69, 9.17) is 24.3 Å². The molecule has 1 N–H and O–H groups in total.